The number of furan rings is 1. The Hall–Kier alpha value is -0.880. The Balaban J connectivity index is 1.52. The number of nitrogens with zero attached hydrogens (tertiary/aromatic N) is 3. The van der Waals surface area contributed by atoms with Gasteiger partial charge in [0, 0.05) is 32.8 Å². The molecule has 2 aliphatic heterocycles. The zero-order valence-electron chi connectivity index (χ0n) is 16.7. The second kappa shape index (κ2) is 10.5. The van der Waals surface area contributed by atoms with Crippen LogP contribution in [0, 0.1) is 5.92 Å². The molecule has 5 heteroatoms. The molecule has 0 amide bonds. The molecule has 1 aromatic heterocycles. The molecule has 2 fully saturated rings. The van der Waals surface area contributed by atoms with Crippen molar-refractivity contribution in [3.05, 3.63) is 24.2 Å². The largest absolute Gasteiger partial charge is 0.468 e. The zero-order valence-corrected chi connectivity index (χ0v) is 16.7. The lowest BCUT2D eigenvalue weighted by Crippen LogP contribution is -2.44. The monoisotopic (exact) mass is 363 g/mol. The third kappa shape index (κ3) is 5.81. The summed E-state index contributed by atoms with van der Waals surface area (Å²) in [5.74, 6) is 1.91. The third-order valence-corrected chi connectivity index (χ3v) is 6.17. The van der Waals surface area contributed by atoms with Gasteiger partial charge in [-0.2, -0.15) is 0 Å². The number of hydrogen-bond acceptors (Lipinski definition) is 5. The smallest absolute Gasteiger partial charge is 0.117 e. The van der Waals surface area contributed by atoms with Crippen molar-refractivity contribution in [1.29, 1.82) is 0 Å². The Morgan fingerprint density at radius 3 is 2.73 bits per heavy atom. The summed E-state index contributed by atoms with van der Waals surface area (Å²) in [5.41, 5.74) is 0. The molecule has 2 aliphatic rings. The Bertz CT molecular complexity index is 485. The zero-order chi connectivity index (χ0) is 18.2. The predicted octanol–water partition coefficient (Wildman–Crippen LogP) is 2.92. The first-order chi connectivity index (χ1) is 12.8. The van der Waals surface area contributed by atoms with Crippen molar-refractivity contribution in [1.82, 2.24) is 14.7 Å². The highest BCUT2D eigenvalue weighted by Gasteiger charge is 2.27. The molecule has 26 heavy (non-hydrogen) atoms. The SMILES string of the molecule is CCN1CCCC1CN(Cc1ccco1)CC1CCN(CCOC)CC1. The van der Waals surface area contributed by atoms with Crippen LogP contribution in [-0.4, -0.2) is 80.3 Å². The first-order valence-electron chi connectivity index (χ1n) is 10.5. The minimum absolute atomic E-state index is 0.719. The van der Waals surface area contributed by atoms with Gasteiger partial charge in [0.1, 0.15) is 5.76 Å². The van der Waals surface area contributed by atoms with Crippen molar-refractivity contribution in [2.45, 2.75) is 45.2 Å². The van der Waals surface area contributed by atoms with Crippen LogP contribution in [-0.2, 0) is 11.3 Å². The Morgan fingerprint density at radius 1 is 1.19 bits per heavy atom. The van der Waals surface area contributed by atoms with Gasteiger partial charge >= 0.3 is 0 Å². The van der Waals surface area contributed by atoms with Gasteiger partial charge < -0.3 is 14.1 Å². The molecule has 5 nitrogen and oxygen atoms in total. The quantitative estimate of drug-likeness (QED) is 0.638. The van der Waals surface area contributed by atoms with Gasteiger partial charge in [-0.05, 0) is 69.9 Å². The van der Waals surface area contributed by atoms with Crippen molar-refractivity contribution in [3.63, 3.8) is 0 Å². The van der Waals surface area contributed by atoms with Crippen LogP contribution in [0.15, 0.2) is 22.8 Å². The van der Waals surface area contributed by atoms with Gasteiger partial charge in [0.25, 0.3) is 0 Å². The standard InChI is InChI=1S/C21H37N3O2/c1-3-24-10-4-6-20(24)17-23(18-21-7-5-14-26-21)16-19-8-11-22(12-9-19)13-15-25-2/h5,7,14,19-20H,3-4,6,8-13,15-18H2,1-2H3. The molecule has 0 radical (unpaired) electrons. The van der Waals surface area contributed by atoms with Crippen molar-refractivity contribution >= 4 is 0 Å². The number of ether oxygens (including phenoxy) is 1. The molecule has 0 bridgehead atoms. The molecule has 0 aliphatic carbocycles. The van der Waals surface area contributed by atoms with Gasteiger partial charge in [-0.25, -0.2) is 0 Å². The summed E-state index contributed by atoms with van der Waals surface area (Å²) in [6.07, 6.45) is 7.11. The van der Waals surface area contributed by atoms with Crippen LogP contribution in [0.25, 0.3) is 0 Å². The van der Waals surface area contributed by atoms with E-state index in [0.717, 1.165) is 37.4 Å². The second-order valence-electron chi connectivity index (χ2n) is 7.98. The normalized spacial score (nSPS) is 23.3. The highest BCUT2D eigenvalue weighted by molar-refractivity contribution is 4.98. The molecule has 0 saturated carbocycles. The van der Waals surface area contributed by atoms with Crippen LogP contribution in [0.5, 0.6) is 0 Å². The van der Waals surface area contributed by atoms with Gasteiger partial charge in [-0.3, -0.25) is 9.80 Å². The maximum atomic E-state index is 5.65. The molecule has 3 heterocycles. The topological polar surface area (TPSA) is 32.1 Å². The van der Waals surface area contributed by atoms with E-state index in [0.29, 0.717) is 0 Å². The van der Waals surface area contributed by atoms with Gasteiger partial charge in [0.05, 0.1) is 19.4 Å². The lowest BCUT2D eigenvalue weighted by Gasteiger charge is -2.36. The van der Waals surface area contributed by atoms with Crippen molar-refractivity contribution in [3.8, 4) is 0 Å². The number of likely N-dealkylation sites (N-methyl/N-ethyl adjacent to an activating group) is 1. The second-order valence-corrected chi connectivity index (χ2v) is 7.98. The summed E-state index contributed by atoms with van der Waals surface area (Å²) in [6.45, 7) is 12.4. The first kappa shape index (κ1) is 19.9. The molecular formula is C21H37N3O2. The molecule has 0 spiro atoms. The van der Waals surface area contributed by atoms with E-state index < -0.39 is 0 Å². The minimum Gasteiger partial charge on any atom is -0.468 e. The molecule has 1 aromatic rings. The van der Waals surface area contributed by atoms with E-state index in [1.165, 1.54) is 65.0 Å². The predicted molar refractivity (Wildman–Crippen MR) is 105 cm³/mol. The van der Waals surface area contributed by atoms with Crippen LogP contribution in [0.4, 0.5) is 0 Å². The van der Waals surface area contributed by atoms with E-state index in [1.54, 1.807) is 13.4 Å². The fourth-order valence-electron chi connectivity index (χ4n) is 4.62. The number of hydrogen-bond donors (Lipinski definition) is 0. The van der Waals surface area contributed by atoms with E-state index in [-0.39, 0.29) is 0 Å². The highest BCUT2D eigenvalue weighted by Crippen LogP contribution is 2.23. The molecule has 1 unspecified atom stereocenters. The molecule has 148 valence electrons. The van der Waals surface area contributed by atoms with Gasteiger partial charge in [-0.15, -0.1) is 0 Å². The summed E-state index contributed by atoms with van der Waals surface area (Å²) in [6, 6.07) is 4.85. The fourth-order valence-corrected chi connectivity index (χ4v) is 4.62. The Labute approximate surface area is 159 Å². The minimum atomic E-state index is 0.719. The molecule has 0 aromatic carbocycles. The maximum Gasteiger partial charge on any atom is 0.117 e. The molecule has 2 saturated heterocycles. The molecule has 3 rings (SSSR count). The van der Waals surface area contributed by atoms with Gasteiger partial charge in [0.15, 0.2) is 0 Å². The number of methoxy groups -OCH3 is 1. The number of piperidine rings is 1. The van der Waals surface area contributed by atoms with E-state index in [9.17, 15) is 0 Å². The van der Waals surface area contributed by atoms with Crippen LogP contribution in [0.1, 0.15) is 38.4 Å². The average Bonchev–Trinajstić information content (AvgIpc) is 3.33. The van der Waals surface area contributed by atoms with Crippen LogP contribution in [0.3, 0.4) is 0 Å². The summed E-state index contributed by atoms with van der Waals surface area (Å²) in [5, 5.41) is 0. The Morgan fingerprint density at radius 2 is 2.04 bits per heavy atom. The average molecular weight is 364 g/mol. The summed E-state index contributed by atoms with van der Waals surface area (Å²) in [4.78, 5) is 7.86. The first-order valence-corrected chi connectivity index (χ1v) is 10.5. The Kier molecular flexibility index (Phi) is 7.99. The maximum absolute atomic E-state index is 5.65. The number of likely N-dealkylation sites (tertiary alicyclic amines) is 2. The van der Waals surface area contributed by atoms with E-state index >= 15 is 0 Å². The van der Waals surface area contributed by atoms with E-state index in [1.807, 2.05) is 6.07 Å². The summed E-state index contributed by atoms with van der Waals surface area (Å²) >= 11 is 0. The summed E-state index contributed by atoms with van der Waals surface area (Å²) in [7, 11) is 1.79. The lowest BCUT2D eigenvalue weighted by molar-refractivity contribution is 0.0940. The van der Waals surface area contributed by atoms with Crippen molar-refractivity contribution < 1.29 is 9.15 Å². The van der Waals surface area contributed by atoms with Gasteiger partial charge in [-0.1, -0.05) is 6.92 Å². The molecule has 0 N–H and O–H groups in total. The van der Waals surface area contributed by atoms with Crippen LogP contribution >= 0.6 is 0 Å². The lowest BCUT2D eigenvalue weighted by atomic mass is 9.96. The fraction of sp³-hybridized carbons (Fsp3) is 0.810. The molecule has 1 atom stereocenters. The van der Waals surface area contributed by atoms with Crippen molar-refractivity contribution in [2.24, 2.45) is 5.92 Å². The highest BCUT2D eigenvalue weighted by atomic mass is 16.5. The van der Waals surface area contributed by atoms with Crippen LogP contribution in [0.2, 0.25) is 0 Å². The molecular weight excluding hydrogens is 326 g/mol. The summed E-state index contributed by atoms with van der Waals surface area (Å²) < 4.78 is 10.9. The number of rotatable bonds is 10. The third-order valence-electron chi connectivity index (χ3n) is 6.17. The van der Waals surface area contributed by atoms with Gasteiger partial charge in [0.2, 0.25) is 0 Å². The van der Waals surface area contributed by atoms with E-state index in [4.69, 9.17) is 9.15 Å². The van der Waals surface area contributed by atoms with E-state index in [2.05, 4.69) is 27.7 Å². The van der Waals surface area contributed by atoms with Crippen molar-refractivity contribution in [2.75, 3.05) is 59.5 Å². The van der Waals surface area contributed by atoms with Crippen LogP contribution < -0.4 is 0 Å².